The van der Waals surface area contributed by atoms with Crippen LogP contribution in [0.5, 0.6) is 11.5 Å². The van der Waals surface area contributed by atoms with Crippen LogP contribution in [0.1, 0.15) is 45.8 Å². The number of hydrogen-bond donors (Lipinski definition) is 1. The average Bonchev–Trinajstić information content (AvgIpc) is 3.60. The number of benzene rings is 4. The number of aromatic nitrogens is 2. The van der Waals surface area contributed by atoms with E-state index in [1.807, 2.05) is 41.0 Å². The molecule has 0 bridgehead atoms. The van der Waals surface area contributed by atoms with Gasteiger partial charge in [0, 0.05) is 22.0 Å². The molecule has 2 aromatic heterocycles. The first-order valence-electron chi connectivity index (χ1n) is 15.5. The zero-order valence-electron chi connectivity index (χ0n) is 26.2. The minimum Gasteiger partial charge on any atom is -0.493 e. The van der Waals surface area contributed by atoms with Gasteiger partial charge in [0.1, 0.15) is 0 Å². The highest BCUT2D eigenvalue weighted by atomic mass is 32.1. The minimum absolute atomic E-state index is 0.0494. The smallest absolute Gasteiger partial charge is 0.271 e. The van der Waals surface area contributed by atoms with Crippen LogP contribution < -0.4 is 24.4 Å². The number of nitrogens with zero attached hydrogens (tertiary/aromatic N) is 2. The van der Waals surface area contributed by atoms with E-state index in [-0.39, 0.29) is 11.6 Å². The molecule has 0 saturated carbocycles. The van der Waals surface area contributed by atoms with Gasteiger partial charge in [-0.2, -0.15) is 0 Å². The minimum atomic E-state index is -0.317. The van der Waals surface area contributed by atoms with Crippen LogP contribution in [0.15, 0.2) is 100 Å². The number of rotatable bonds is 5. The van der Waals surface area contributed by atoms with Gasteiger partial charge in [-0.25, -0.2) is 4.99 Å². The van der Waals surface area contributed by atoms with Gasteiger partial charge in [0.15, 0.2) is 16.3 Å². The van der Waals surface area contributed by atoms with Crippen molar-refractivity contribution < 1.29 is 9.47 Å². The Morgan fingerprint density at radius 1 is 0.913 bits per heavy atom. The lowest BCUT2D eigenvalue weighted by atomic mass is 9.83. The van der Waals surface area contributed by atoms with Gasteiger partial charge < -0.3 is 14.5 Å². The van der Waals surface area contributed by atoms with Crippen LogP contribution in [0.4, 0.5) is 0 Å². The van der Waals surface area contributed by atoms with Gasteiger partial charge in [-0.3, -0.25) is 9.36 Å². The van der Waals surface area contributed by atoms with Crippen molar-refractivity contribution in [3.63, 3.8) is 0 Å². The largest absolute Gasteiger partial charge is 0.493 e. The number of thiazole rings is 1. The van der Waals surface area contributed by atoms with Gasteiger partial charge in [-0.1, -0.05) is 83.6 Å². The Balaban J connectivity index is 1.41. The molecule has 8 rings (SSSR count). The summed E-state index contributed by atoms with van der Waals surface area (Å²) in [6, 6.07) is 28.8. The van der Waals surface area contributed by atoms with Crippen molar-refractivity contribution >= 4 is 34.0 Å². The molecule has 0 amide bonds. The quantitative estimate of drug-likeness (QED) is 0.223. The van der Waals surface area contributed by atoms with Gasteiger partial charge in [0.25, 0.3) is 5.56 Å². The second kappa shape index (κ2) is 11.0. The number of nitrogens with one attached hydrogen (secondary N) is 1. The average molecular weight is 624 g/mol. The van der Waals surface area contributed by atoms with Crippen molar-refractivity contribution in [2.45, 2.75) is 32.7 Å². The number of aromatic amines is 1. The molecule has 7 heteroatoms. The Labute approximate surface area is 270 Å². The number of hydrogen-bond acceptors (Lipinski definition) is 5. The fourth-order valence-electron chi connectivity index (χ4n) is 7.13. The van der Waals surface area contributed by atoms with Crippen molar-refractivity contribution in [2.75, 3.05) is 14.2 Å². The Kier molecular flexibility index (Phi) is 6.80. The molecule has 1 aliphatic carbocycles. The van der Waals surface area contributed by atoms with E-state index in [2.05, 4.69) is 73.4 Å². The topological polar surface area (TPSA) is 68.6 Å². The Hall–Kier alpha value is -5.14. The number of aryl methyl sites for hydroxylation is 3. The molecular formula is C39H33N3O3S. The second-order valence-corrected chi connectivity index (χ2v) is 13.0. The molecule has 6 nitrogen and oxygen atoms in total. The molecule has 0 saturated heterocycles. The molecule has 4 aromatic carbocycles. The van der Waals surface area contributed by atoms with Crippen LogP contribution in [-0.2, 0) is 6.42 Å². The first-order valence-corrected chi connectivity index (χ1v) is 16.3. The molecule has 6 aromatic rings. The predicted molar refractivity (Wildman–Crippen MR) is 186 cm³/mol. The highest BCUT2D eigenvalue weighted by Gasteiger charge is 2.33. The van der Waals surface area contributed by atoms with Crippen LogP contribution in [0.3, 0.4) is 0 Å². The molecule has 2 aliphatic rings. The molecule has 0 radical (unpaired) electrons. The van der Waals surface area contributed by atoms with Gasteiger partial charge >= 0.3 is 0 Å². The van der Waals surface area contributed by atoms with E-state index in [4.69, 9.17) is 14.5 Å². The van der Waals surface area contributed by atoms with Crippen molar-refractivity contribution in [3.8, 4) is 22.8 Å². The summed E-state index contributed by atoms with van der Waals surface area (Å²) in [4.78, 5) is 24.2. The maximum absolute atomic E-state index is 14.6. The van der Waals surface area contributed by atoms with Gasteiger partial charge in [-0.15, -0.1) is 0 Å². The lowest BCUT2D eigenvalue weighted by Crippen LogP contribution is -2.38. The summed E-state index contributed by atoms with van der Waals surface area (Å²) in [5, 5.41) is 1.10. The molecule has 0 unspecified atom stereocenters. The van der Waals surface area contributed by atoms with Gasteiger partial charge in [-0.05, 0) is 78.8 Å². The highest BCUT2D eigenvalue weighted by Crippen LogP contribution is 2.43. The van der Waals surface area contributed by atoms with Gasteiger partial charge in [0.2, 0.25) is 0 Å². The summed E-state index contributed by atoms with van der Waals surface area (Å²) in [5.41, 5.74) is 12.0. The third kappa shape index (κ3) is 4.45. The van der Waals surface area contributed by atoms with Crippen LogP contribution in [0.25, 0.3) is 33.9 Å². The number of H-pyrrole nitrogens is 1. The zero-order valence-corrected chi connectivity index (χ0v) is 27.0. The van der Waals surface area contributed by atoms with Crippen molar-refractivity contribution in [1.29, 1.82) is 0 Å². The Morgan fingerprint density at radius 2 is 1.70 bits per heavy atom. The molecule has 228 valence electrons. The Bertz CT molecular complexity index is 2400. The summed E-state index contributed by atoms with van der Waals surface area (Å²) in [5.74, 6) is 1.29. The standard InChI is InChI=1S/C39H33N3O3S/c1-22-18-23(2)34-29(19-22)30(35(40-34)25-11-6-5-7-12-25)21-33-38(43)42-37(26-15-17-31(44-3)32(20-26)45-4)28-16-14-24-10-8-9-13-27(24)36(28)41-39(42)46-33/h5-13,15,17-21,37,40H,14,16H2,1-4H3/b33-21+/t37-/m0/s1. The number of ether oxygens (including phenoxy) is 2. The van der Waals surface area contributed by atoms with Crippen LogP contribution in [-0.4, -0.2) is 23.8 Å². The lowest BCUT2D eigenvalue weighted by molar-refractivity contribution is 0.354. The van der Waals surface area contributed by atoms with E-state index >= 15 is 0 Å². The molecule has 3 heterocycles. The Morgan fingerprint density at radius 3 is 2.50 bits per heavy atom. The molecule has 0 fully saturated rings. The number of fused-ring (bicyclic) bond motifs is 4. The van der Waals surface area contributed by atoms with Crippen molar-refractivity contribution in [1.82, 2.24) is 9.55 Å². The normalized spacial score (nSPS) is 15.7. The maximum atomic E-state index is 14.6. The zero-order chi connectivity index (χ0) is 31.5. The van der Waals surface area contributed by atoms with E-state index in [1.54, 1.807) is 14.2 Å². The summed E-state index contributed by atoms with van der Waals surface area (Å²) >= 11 is 1.45. The summed E-state index contributed by atoms with van der Waals surface area (Å²) in [6.07, 6.45) is 3.78. The maximum Gasteiger partial charge on any atom is 0.271 e. The molecule has 0 spiro atoms. The first-order chi connectivity index (χ1) is 22.4. The molecule has 46 heavy (non-hydrogen) atoms. The van der Waals surface area contributed by atoms with E-state index in [9.17, 15) is 4.79 Å². The summed E-state index contributed by atoms with van der Waals surface area (Å²) in [6.45, 7) is 4.24. The third-order valence-corrected chi connectivity index (χ3v) is 10.2. The number of methoxy groups -OCH3 is 2. The van der Waals surface area contributed by atoms with Crippen molar-refractivity contribution in [3.05, 3.63) is 144 Å². The van der Waals surface area contributed by atoms with E-state index in [0.29, 0.717) is 20.8 Å². The monoisotopic (exact) mass is 623 g/mol. The SMILES string of the molecule is COc1ccc([C@H]2C3=C(N=c4s/c(=C/c5c(-c6ccccc6)[nH]c6c(C)cc(C)cc56)c(=O)n42)c2ccccc2CC3)cc1OC. The molecule has 1 aliphatic heterocycles. The fraction of sp³-hybridized carbons (Fsp3) is 0.179. The van der Waals surface area contributed by atoms with E-state index in [1.165, 1.54) is 28.0 Å². The van der Waals surface area contributed by atoms with E-state index in [0.717, 1.165) is 63.0 Å². The van der Waals surface area contributed by atoms with Crippen LogP contribution in [0, 0.1) is 13.8 Å². The van der Waals surface area contributed by atoms with Crippen LogP contribution >= 0.6 is 11.3 Å². The highest BCUT2D eigenvalue weighted by molar-refractivity contribution is 7.07. The lowest BCUT2D eigenvalue weighted by Gasteiger charge is -2.31. The van der Waals surface area contributed by atoms with Crippen molar-refractivity contribution in [2.24, 2.45) is 4.99 Å². The summed E-state index contributed by atoms with van der Waals surface area (Å²) in [7, 11) is 3.28. The first kappa shape index (κ1) is 28.3. The molecule has 1 atom stereocenters. The number of allylic oxidation sites excluding steroid dienone is 1. The predicted octanol–water partition coefficient (Wildman–Crippen LogP) is 7.10. The fourth-order valence-corrected chi connectivity index (χ4v) is 8.11. The molecular weight excluding hydrogens is 591 g/mol. The van der Waals surface area contributed by atoms with Gasteiger partial charge in [0.05, 0.1) is 36.2 Å². The third-order valence-electron chi connectivity index (χ3n) is 9.22. The second-order valence-electron chi connectivity index (χ2n) is 12.0. The molecule has 1 N–H and O–H groups in total. The summed E-state index contributed by atoms with van der Waals surface area (Å²) < 4.78 is 13.8. The van der Waals surface area contributed by atoms with E-state index < -0.39 is 0 Å². The van der Waals surface area contributed by atoms with Crippen LogP contribution in [0.2, 0.25) is 0 Å².